The van der Waals surface area contributed by atoms with Crippen molar-refractivity contribution in [2.75, 3.05) is 25.0 Å². The number of carbonyl (C=O) groups is 1. The van der Waals surface area contributed by atoms with Crippen molar-refractivity contribution in [3.63, 3.8) is 0 Å². The van der Waals surface area contributed by atoms with Crippen LogP contribution in [0.4, 0.5) is 5.69 Å². The Labute approximate surface area is 160 Å². The molecule has 2 heterocycles. The van der Waals surface area contributed by atoms with E-state index in [1.54, 1.807) is 4.90 Å². The van der Waals surface area contributed by atoms with E-state index in [2.05, 4.69) is 17.0 Å². The predicted octanol–water partition coefficient (Wildman–Crippen LogP) is 5.00. The van der Waals surface area contributed by atoms with Crippen molar-refractivity contribution < 1.29 is 9.21 Å². The Morgan fingerprint density at radius 1 is 1.07 bits per heavy atom. The van der Waals surface area contributed by atoms with Crippen LogP contribution in [0.2, 0.25) is 0 Å². The third-order valence-electron chi connectivity index (χ3n) is 5.44. The minimum absolute atomic E-state index is 0.0768. The fourth-order valence-electron chi connectivity index (χ4n) is 3.86. The smallest absolute Gasteiger partial charge is 0.289 e. The number of fused-ring (bicyclic) bond motifs is 1. The van der Waals surface area contributed by atoms with E-state index in [0.717, 1.165) is 35.2 Å². The topological polar surface area (TPSA) is 36.7 Å². The molecule has 1 aromatic heterocycles. The van der Waals surface area contributed by atoms with Gasteiger partial charge in [-0.05, 0) is 49.9 Å². The summed E-state index contributed by atoms with van der Waals surface area (Å²) >= 11 is 0. The van der Waals surface area contributed by atoms with Gasteiger partial charge >= 0.3 is 0 Å². The minimum atomic E-state index is -0.0768. The van der Waals surface area contributed by atoms with Crippen molar-refractivity contribution in [3.05, 3.63) is 65.4 Å². The first-order valence-electron chi connectivity index (χ1n) is 9.71. The van der Waals surface area contributed by atoms with Crippen LogP contribution in [0.25, 0.3) is 11.0 Å². The predicted molar refractivity (Wildman–Crippen MR) is 109 cm³/mol. The van der Waals surface area contributed by atoms with Crippen LogP contribution in [0.1, 0.15) is 40.9 Å². The van der Waals surface area contributed by atoms with E-state index in [4.69, 9.17) is 4.42 Å². The van der Waals surface area contributed by atoms with Gasteiger partial charge in [-0.2, -0.15) is 0 Å². The SMILES string of the molecule is Cc1c(C(=O)N(C)Cc2ccccc2)oc2ccc(N3CCCCC3)cc12. The van der Waals surface area contributed by atoms with E-state index >= 15 is 0 Å². The molecule has 1 fully saturated rings. The summed E-state index contributed by atoms with van der Waals surface area (Å²) < 4.78 is 5.95. The molecule has 0 radical (unpaired) electrons. The number of aryl methyl sites for hydroxylation is 1. The quantitative estimate of drug-likeness (QED) is 0.655. The summed E-state index contributed by atoms with van der Waals surface area (Å²) in [5.41, 5.74) is 4.04. The van der Waals surface area contributed by atoms with Gasteiger partial charge < -0.3 is 14.2 Å². The maximum Gasteiger partial charge on any atom is 0.289 e. The van der Waals surface area contributed by atoms with Gasteiger partial charge in [0.2, 0.25) is 0 Å². The Kier molecular flexibility index (Phi) is 4.88. The molecule has 1 saturated heterocycles. The summed E-state index contributed by atoms with van der Waals surface area (Å²) in [6, 6.07) is 16.3. The second kappa shape index (κ2) is 7.47. The van der Waals surface area contributed by atoms with Crippen molar-refractivity contribution in [1.29, 1.82) is 0 Å². The highest BCUT2D eigenvalue weighted by Crippen LogP contribution is 2.31. The highest BCUT2D eigenvalue weighted by molar-refractivity contribution is 5.99. The van der Waals surface area contributed by atoms with Gasteiger partial charge in [0.05, 0.1) is 0 Å². The average molecular weight is 362 g/mol. The molecule has 4 nitrogen and oxygen atoms in total. The van der Waals surface area contributed by atoms with E-state index in [1.165, 1.54) is 24.9 Å². The van der Waals surface area contributed by atoms with Crippen molar-refractivity contribution in [3.8, 4) is 0 Å². The molecule has 0 unspecified atom stereocenters. The van der Waals surface area contributed by atoms with Crippen LogP contribution in [0, 0.1) is 6.92 Å². The fourth-order valence-corrected chi connectivity index (χ4v) is 3.86. The Morgan fingerprint density at radius 2 is 1.81 bits per heavy atom. The molecule has 1 amide bonds. The van der Waals surface area contributed by atoms with Gasteiger partial charge in [0.15, 0.2) is 5.76 Å². The Morgan fingerprint density at radius 3 is 2.56 bits per heavy atom. The van der Waals surface area contributed by atoms with Crippen molar-refractivity contribution in [2.24, 2.45) is 0 Å². The molecule has 2 aromatic carbocycles. The summed E-state index contributed by atoms with van der Waals surface area (Å²) in [5, 5.41) is 1.04. The molecular weight excluding hydrogens is 336 g/mol. The molecule has 0 bridgehead atoms. The van der Waals surface area contributed by atoms with Gasteiger partial charge in [0, 0.05) is 43.3 Å². The van der Waals surface area contributed by atoms with Crippen molar-refractivity contribution in [1.82, 2.24) is 4.90 Å². The van der Waals surface area contributed by atoms with E-state index in [1.807, 2.05) is 50.4 Å². The first kappa shape index (κ1) is 17.7. The van der Waals surface area contributed by atoms with E-state index in [0.29, 0.717) is 12.3 Å². The Balaban J connectivity index is 1.59. The maximum absolute atomic E-state index is 12.9. The van der Waals surface area contributed by atoms with E-state index in [9.17, 15) is 4.79 Å². The third kappa shape index (κ3) is 3.57. The summed E-state index contributed by atoms with van der Waals surface area (Å²) in [7, 11) is 1.82. The lowest BCUT2D eigenvalue weighted by Gasteiger charge is -2.28. The first-order valence-corrected chi connectivity index (χ1v) is 9.71. The molecule has 140 valence electrons. The van der Waals surface area contributed by atoms with Gasteiger partial charge in [-0.1, -0.05) is 30.3 Å². The van der Waals surface area contributed by atoms with Crippen LogP contribution >= 0.6 is 0 Å². The number of benzene rings is 2. The lowest BCUT2D eigenvalue weighted by Crippen LogP contribution is -2.29. The summed E-state index contributed by atoms with van der Waals surface area (Å²) in [6.45, 7) is 4.76. The normalized spacial score (nSPS) is 14.5. The van der Waals surface area contributed by atoms with Gasteiger partial charge in [0.25, 0.3) is 5.91 Å². The highest BCUT2D eigenvalue weighted by atomic mass is 16.3. The van der Waals surface area contributed by atoms with E-state index in [-0.39, 0.29) is 5.91 Å². The Bertz CT molecular complexity index is 940. The lowest BCUT2D eigenvalue weighted by molar-refractivity contribution is 0.0755. The first-order chi connectivity index (χ1) is 13.1. The molecule has 0 atom stereocenters. The summed E-state index contributed by atoms with van der Waals surface area (Å²) in [6.07, 6.45) is 3.81. The number of amides is 1. The monoisotopic (exact) mass is 362 g/mol. The highest BCUT2D eigenvalue weighted by Gasteiger charge is 2.22. The molecule has 0 saturated carbocycles. The number of hydrogen-bond acceptors (Lipinski definition) is 3. The minimum Gasteiger partial charge on any atom is -0.451 e. The number of rotatable bonds is 4. The fraction of sp³-hybridized carbons (Fsp3) is 0.348. The zero-order valence-corrected chi connectivity index (χ0v) is 16.1. The largest absolute Gasteiger partial charge is 0.451 e. The number of carbonyl (C=O) groups excluding carboxylic acids is 1. The van der Waals surface area contributed by atoms with Crippen molar-refractivity contribution in [2.45, 2.75) is 32.7 Å². The third-order valence-corrected chi connectivity index (χ3v) is 5.44. The zero-order valence-electron chi connectivity index (χ0n) is 16.1. The van der Waals surface area contributed by atoms with Gasteiger partial charge in [-0.15, -0.1) is 0 Å². The molecule has 3 aromatic rings. The molecule has 4 rings (SSSR count). The second-order valence-corrected chi connectivity index (χ2v) is 7.43. The number of nitrogens with zero attached hydrogens (tertiary/aromatic N) is 2. The van der Waals surface area contributed by atoms with Crippen LogP contribution in [-0.4, -0.2) is 30.9 Å². The van der Waals surface area contributed by atoms with Crippen LogP contribution in [-0.2, 0) is 6.54 Å². The van der Waals surface area contributed by atoms with Crippen LogP contribution in [0.15, 0.2) is 52.9 Å². The standard InChI is InChI=1S/C23H26N2O2/c1-17-20-15-19(25-13-7-4-8-14-25)11-12-21(20)27-22(17)23(26)24(2)16-18-9-5-3-6-10-18/h3,5-6,9-12,15H,4,7-8,13-14,16H2,1-2H3. The molecule has 0 spiro atoms. The van der Waals surface area contributed by atoms with Gasteiger partial charge in [-0.25, -0.2) is 0 Å². The van der Waals surface area contributed by atoms with Gasteiger partial charge in [-0.3, -0.25) is 4.79 Å². The van der Waals surface area contributed by atoms with Crippen LogP contribution in [0.3, 0.4) is 0 Å². The molecular formula is C23H26N2O2. The number of furan rings is 1. The van der Waals surface area contributed by atoms with Crippen LogP contribution < -0.4 is 4.90 Å². The lowest BCUT2D eigenvalue weighted by atomic mass is 10.1. The number of piperidine rings is 1. The molecule has 0 aliphatic carbocycles. The molecule has 1 aliphatic rings. The molecule has 0 N–H and O–H groups in total. The van der Waals surface area contributed by atoms with Crippen molar-refractivity contribution >= 4 is 22.6 Å². The maximum atomic E-state index is 12.9. The molecule has 27 heavy (non-hydrogen) atoms. The second-order valence-electron chi connectivity index (χ2n) is 7.43. The van der Waals surface area contributed by atoms with Crippen LogP contribution in [0.5, 0.6) is 0 Å². The van der Waals surface area contributed by atoms with E-state index < -0.39 is 0 Å². The Hall–Kier alpha value is -2.75. The van der Waals surface area contributed by atoms with Gasteiger partial charge in [0.1, 0.15) is 5.58 Å². The average Bonchev–Trinajstić information content (AvgIpc) is 3.05. The summed E-state index contributed by atoms with van der Waals surface area (Å²) in [4.78, 5) is 17.1. The number of anilines is 1. The number of hydrogen-bond donors (Lipinski definition) is 0. The molecule has 1 aliphatic heterocycles. The zero-order chi connectivity index (χ0) is 18.8. The molecule has 4 heteroatoms. The summed E-state index contributed by atoms with van der Waals surface area (Å²) in [5.74, 6) is 0.367.